The molecule has 0 saturated heterocycles. The Morgan fingerprint density at radius 1 is 1.67 bits per heavy atom. The highest BCUT2D eigenvalue weighted by atomic mass is 19.1. The molecule has 0 aromatic rings. The highest BCUT2D eigenvalue weighted by Gasteiger charge is 2.08. The largest absolute Gasteiger partial charge is 0.393 e. The van der Waals surface area contributed by atoms with Crippen molar-refractivity contribution in [1.82, 2.24) is 0 Å². The molecule has 0 heterocycles. The Morgan fingerprint density at radius 2 is 2.25 bits per heavy atom. The predicted octanol–water partition coefficient (Wildman–Crippen LogP) is 2.97. The van der Waals surface area contributed by atoms with Crippen molar-refractivity contribution in [3.63, 3.8) is 0 Å². The number of rotatable bonds is 5. The molecule has 70 valence electrons. The Kier molecular flexibility index (Phi) is 5.64. The lowest BCUT2D eigenvalue weighted by atomic mass is 10.0. The van der Waals surface area contributed by atoms with Gasteiger partial charge in [-0.05, 0) is 18.9 Å². The number of hydrogen-bond acceptors (Lipinski definition) is 1. The van der Waals surface area contributed by atoms with Gasteiger partial charge >= 0.3 is 0 Å². The second-order valence-electron chi connectivity index (χ2n) is 2.87. The zero-order chi connectivity index (χ0) is 9.56. The number of hydrogen-bond donors (Lipinski definition) is 1. The Balaban J connectivity index is 3.95. The summed E-state index contributed by atoms with van der Waals surface area (Å²) in [6, 6.07) is 0. The van der Waals surface area contributed by atoms with E-state index in [-0.39, 0.29) is 0 Å². The van der Waals surface area contributed by atoms with E-state index >= 15 is 0 Å². The van der Waals surface area contributed by atoms with Gasteiger partial charge in [0.15, 0.2) is 0 Å². The van der Waals surface area contributed by atoms with Crippen molar-refractivity contribution in [3.8, 4) is 0 Å². The Bertz CT molecular complexity index is 173. The molecule has 12 heavy (non-hydrogen) atoms. The lowest BCUT2D eigenvalue weighted by molar-refractivity contribution is 0.163. The van der Waals surface area contributed by atoms with Crippen molar-refractivity contribution in [2.45, 2.75) is 39.2 Å². The van der Waals surface area contributed by atoms with Gasteiger partial charge in [0, 0.05) is 6.42 Å². The molecule has 1 atom stereocenters. The molecule has 0 saturated carbocycles. The maximum Gasteiger partial charge on any atom is 0.119 e. The molecular weight excluding hydrogens is 155 g/mol. The van der Waals surface area contributed by atoms with Crippen LogP contribution in [0.2, 0.25) is 0 Å². The number of allylic oxidation sites excluding steroid dienone is 2. The van der Waals surface area contributed by atoms with E-state index in [1.165, 1.54) is 0 Å². The first-order valence-electron chi connectivity index (χ1n) is 4.29. The van der Waals surface area contributed by atoms with Crippen LogP contribution >= 0.6 is 0 Å². The van der Waals surface area contributed by atoms with E-state index in [0.717, 1.165) is 6.42 Å². The molecule has 1 N–H and O–H groups in total. The van der Waals surface area contributed by atoms with Gasteiger partial charge in [-0.1, -0.05) is 26.0 Å². The van der Waals surface area contributed by atoms with Crippen LogP contribution in [-0.4, -0.2) is 11.2 Å². The van der Waals surface area contributed by atoms with Gasteiger partial charge in [-0.15, -0.1) is 0 Å². The van der Waals surface area contributed by atoms with Gasteiger partial charge in [0.05, 0.1) is 6.10 Å². The van der Waals surface area contributed by atoms with E-state index in [2.05, 4.69) is 6.58 Å². The van der Waals surface area contributed by atoms with Crippen LogP contribution in [0, 0.1) is 0 Å². The van der Waals surface area contributed by atoms with Crippen LogP contribution in [0.25, 0.3) is 0 Å². The van der Waals surface area contributed by atoms with Crippen molar-refractivity contribution in [2.24, 2.45) is 0 Å². The summed E-state index contributed by atoms with van der Waals surface area (Å²) in [5, 5.41) is 9.35. The summed E-state index contributed by atoms with van der Waals surface area (Å²) < 4.78 is 12.6. The molecule has 0 aromatic heterocycles. The summed E-state index contributed by atoms with van der Waals surface area (Å²) in [6.45, 7) is 6.93. The summed E-state index contributed by atoms with van der Waals surface area (Å²) in [4.78, 5) is 0. The second-order valence-corrected chi connectivity index (χ2v) is 2.87. The van der Waals surface area contributed by atoms with Gasteiger partial charge in [-0.2, -0.15) is 0 Å². The van der Waals surface area contributed by atoms with Crippen molar-refractivity contribution >= 4 is 0 Å². The Morgan fingerprint density at radius 3 is 2.58 bits per heavy atom. The molecule has 0 aliphatic carbocycles. The maximum atomic E-state index is 12.6. The molecule has 0 aliphatic rings. The van der Waals surface area contributed by atoms with Crippen molar-refractivity contribution in [2.75, 3.05) is 0 Å². The highest BCUT2D eigenvalue weighted by Crippen LogP contribution is 2.17. The summed E-state index contributed by atoms with van der Waals surface area (Å²) >= 11 is 0. The summed E-state index contributed by atoms with van der Waals surface area (Å²) in [5.74, 6) is -0.437. The van der Waals surface area contributed by atoms with Crippen LogP contribution in [-0.2, 0) is 0 Å². The highest BCUT2D eigenvalue weighted by molar-refractivity contribution is 5.22. The molecule has 1 nitrogen and oxygen atoms in total. The normalized spacial score (nSPS) is 14.5. The minimum Gasteiger partial charge on any atom is -0.393 e. The SMILES string of the molecule is C=C(F)/C(=C\C)CC(O)CCC. The zero-order valence-electron chi connectivity index (χ0n) is 7.81. The van der Waals surface area contributed by atoms with E-state index in [9.17, 15) is 9.50 Å². The molecule has 0 aromatic carbocycles. The lowest BCUT2D eigenvalue weighted by Gasteiger charge is -2.10. The number of aliphatic hydroxyl groups is 1. The standard InChI is InChI=1S/C10H17FO/c1-4-6-10(12)7-9(5-2)8(3)11/h5,10,12H,3-4,6-7H2,1-2H3/b9-5-. The van der Waals surface area contributed by atoms with E-state index < -0.39 is 11.9 Å². The fourth-order valence-electron chi connectivity index (χ4n) is 1.07. The van der Waals surface area contributed by atoms with Gasteiger partial charge in [0.1, 0.15) is 5.83 Å². The quantitative estimate of drug-likeness (QED) is 0.632. The zero-order valence-corrected chi connectivity index (χ0v) is 7.81. The van der Waals surface area contributed by atoms with Gasteiger partial charge in [0.25, 0.3) is 0 Å². The molecule has 0 spiro atoms. The van der Waals surface area contributed by atoms with Crippen LogP contribution in [0.15, 0.2) is 24.1 Å². The first kappa shape index (κ1) is 11.4. The molecule has 0 amide bonds. The summed E-state index contributed by atoms with van der Waals surface area (Å²) in [5.41, 5.74) is 0.510. The minimum atomic E-state index is -0.437. The van der Waals surface area contributed by atoms with E-state index in [0.29, 0.717) is 18.4 Å². The summed E-state index contributed by atoms with van der Waals surface area (Å²) in [7, 11) is 0. The Labute approximate surface area is 73.6 Å². The maximum absolute atomic E-state index is 12.6. The van der Waals surface area contributed by atoms with Crippen LogP contribution < -0.4 is 0 Å². The van der Waals surface area contributed by atoms with Gasteiger partial charge in [-0.3, -0.25) is 0 Å². The van der Waals surface area contributed by atoms with Crippen LogP contribution in [0.3, 0.4) is 0 Å². The second kappa shape index (κ2) is 5.95. The van der Waals surface area contributed by atoms with Gasteiger partial charge < -0.3 is 5.11 Å². The van der Waals surface area contributed by atoms with E-state index in [1.54, 1.807) is 13.0 Å². The number of halogens is 1. The van der Waals surface area contributed by atoms with Gasteiger partial charge in [0.2, 0.25) is 0 Å². The molecular formula is C10H17FO. The molecule has 0 rings (SSSR count). The average Bonchev–Trinajstić information content (AvgIpc) is 2.00. The fraction of sp³-hybridized carbons (Fsp3) is 0.600. The van der Waals surface area contributed by atoms with Crippen LogP contribution in [0.1, 0.15) is 33.1 Å². The smallest absolute Gasteiger partial charge is 0.119 e. The molecule has 0 bridgehead atoms. The molecule has 0 aliphatic heterocycles. The average molecular weight is 172 g/mol. The fourth-order valence-corrected chi connectivity index (χ4v) is 1.07. The minimum absolute atomic E-state index is 0.375. The number of aliphatic hydroxyl groups excluding tert-OH is 1. The van der Waals surface area contributed by atoms with Gasteiger partial charge in [-0.25, -0.2) is 4.39 Å². The van der Waals surface area contributed by atoms with Crippen molar-refractivity contribution < 1.29 is 9.50 Å². The van der Waals surface area contributed by atoms with Crippen molar-refractivity contribution in [3.05, 3.63) is 24.1 Å². The molecule has 2 heteroatoms. The third-order valence-corrected chi connectivity index (χ3v) is 1.77. The molecule has 0 radical (unpaired) electrons. The van der Waals surface area contributed by atoms with Crippen LogP contribution in [0.5, 0.6) is 0 Å². The Hall–Kier alpha value is -0.630. The van der Waals surface area contributed by atoms with Crippen molar-refractivity contribution in [1.29, 1.82) is 0 Å². The molecule has 0 fully saturated rings. The first-order valence-corrected chi connectivity index (χ1v) is 4.29. The predicted molar refractivity (Wildman–Crippen MR) is 49.5 cm³/mol. The monoisotopic (exact) mass is 172 g/mol. The van der Waals surface area contributed by atoms with E-state index in [4.69, 9.17) is 0 Å². The topological polar surface area (TPSA) is 20.2 Å². The third-order valence-electron chi connectivity index (χ3n) is 1.77. The molecule has 1 unspecified atom stereocenters. The summed E-state index contributed by atoms with van der Waals surface area (Å²) in [6.07, 6.45) is 3.22. The van der Waals surface area contributed by atoms with E-state index in [1.807, 2.05) is 6.92 Å². The third kappa shape index (κ3) is 4.29. The van der Waals surface area contributed by atoms with Crippen LogP contribution in [0.4, 0.5) is 4.39 Å². The first-order chi connectivity index (χ1) is 5.61. The lowest BCUT2D eigenvalue weighted by Crippen LogP contribution is -2.07.